The smallest absolute Gasteiger partial charge is 0.355 e. The number of piperidine rings is 1. The number of rotatable bonds is 2. The Morgan fingerprint density at radius 1 is 1.47 bits per heavy atom. The first-order valence-corrected chi connectivity index (χ1v) is 6.17. The number of nitrogens with zero attached hydrogens (tertiary/aromatic N) is 2. The molecule has 3 nitrogen and oxygen atoms in total. The van der Waals surface area contributed by atoms with Crippen molar-refractivity contribution in [2.24, 2.45) is 5.92 Å². The van der Waals surface area contributed by atoms with Gasteiger partial charge >= 0.3 is 6.18 Å². The maximum atomic E-state index is 12.8. The van der Waals surface area contributed by atoms with E-state index < -0.39 is 12.1 Å². The predicted octanol–water partition coefficient (Wildman–Crippen LogP) is 3.06. The van der Waals surface area contributed by atoms with Crippen LogP contribution in [-0.2, 0) is 0 Å². The molecule has 0 saturated carbocycles. The third-order valence-electron chi connectivity index (χ3n) is 3.35. The minimum atomic E-state index is -4.19. The molecule has 1 unspecified atom stereocenters. The third-order valence-corrected chi connectivity index (χ3v) is 3.35. The summed E-state index contributed by atoms with van der Waals surface area (Å²) >= 11 is 0. The zero-order chi connectivity index (χ0) is 14.0. The molecule has 6 heteroatoms. The highest BCUT2D eigenvalue weighted by molar-refractivity contribution is 5.98. The van der Waals surface area contributed by atoms with Gasteiger partial charge in [0.2, 0.25) is 0 Å². The molecular formula is C13H15F3N2O. The van der Waals surface area contributed by atoms with Crippen LogP contribution in [0, 0.1) is 5.92 Å². The van der Waals surface area contributed by atoms with Crippen molar-refractivity contribution in [1.29, 1.82) is 0 Å². The van der Waals surface area contributed by atoms with Gasteiger partial charge < -0.3 is 4.90 Å². The maximum Gasteiger partial charge on any atom is 0.393 e. The van der Waals surface area contributed by atoms with Crippen LogP contribution in [0.15, 0.2) is 18.3 Å². The number of anilines is 1. The second kappa shape index (κ2) is 5.19. The highest BCUT2D eigenvalue weighted by atomic mass is 19.4. The first-order chi connectivity index (χ1) is 8.89. The molecule has 0 radical (unpaired) electrons. The van der Waals surface area contributed by atoms with Crippen molar-refractivity contribution in [3.8, 4) is 0 Å². The van der Waals surface area contributed by atoms with Gasteiger partial charge in [-0.05, 0) is 31.9 Å². The van der Waals surface area contributed by atoms with Gasteiger partial charge in [0, 0.05) is 19.3 Å². The quantitative estimate of drug-likeness (QED) is 0.776. The van der Waals surface area contributed by atoms with Gasteiger partial charge in [0.25, 0.3) is 0 Å². The van der Waals surface area contributed by atoms with Crippen LogP contribution in [0.4, 0.5) is 19.0 Å². The molecule has 1 aliphatic heterocycles. The Balaban J connectivity index is 2.25. The normalized spacial score (nSPS) is 20.4. The fraction of sp³-hybridized carbons (Fsp3) is 0.538. The first-order valence-electron chi connectivity index (χ1n) is 6.17. The molecule has 2 rings (SSSR count). The van der Waals surface area contributed by atoms with Crippen molar-refractivity contribution in [3.05, 3.63) is 23.9 Å². The standard InChI is InChI=1S/C13H15F3N2O/c1-9(19)11-5-2-6-17-12(11)18-7-3-4-10(8-18)13(14,15)16/h2,5-6,10H,3-4,7-8H2,1H3. The molecule has 2 heterocycles. The number of halogens is 3. The molecule has 0 bridgehead atoms. The summed E-state index contributed by atoms with van der Waals surface area (Å²) in [5, 5.41) is 0. The molecule has 1 aliphatic rings. The second-order valence-electron chi connectivity index (χ2n) is 4.76. The number of ketones is 1. The molecule has 0 aromatic carbocycles. The Hall–Kier alpha value is -1.59. The zero-order valence-corrected chi connectivity index (χ0v) is 10.6. The van der Waals surface area contributed by atoms with Crippen LogP contribution in [0.5, 0.6) is 0 Å². The van der Waals surface area contributed by atoms with Crippen molar-refractivity contribution < 1.29 is 18.0 Å². The summed E-state index contributed by atoms with van der Waals surface area (Å²) in [5.41, 5.74) is 0.380. The molecule has 0 spiro atoms. The molecule has 1 atom stereocenters. The molecule has 1 saturated heterocycles. The molecule has 1 aromatic rings. The molecule has 1 fully saturated rings. The van der Waals surface area contributed by atoms with E-state index in [1.54, 1.807) is 17.0 Å². The van der Waals surface area contributed by atoms with Gasteiger partial charge in [-0.15, -0.1) is 0 Å². The van der Waals surface area contributed by atoms with Gasteiger partial charge in [-0.3, -0.25) is 4.79 Å². The lowest BCUT2D eigenvalue weighted by atomic mass is 9.97. The van der Waals surface area contributed by atoms with E-state index in [4.69, 9.17) is 0 Å². The molecule has 0 N–H and O–H groups in total. The van der Waals surface area contributed by atoms with E-state index in [0.29, 0.717) is 24.3 Å². The number of hydrogen-bond acceptors (Lipinski definition) is 3. The van der Waals surface area contributed by atoms with Crippen LogP contribution in [0.2, 0.25) is 0 Å². The lowest BCUT2D eigenvalue weighted by Gasteiger charge is -2.35. The van der Waals surface area contributed by atoms with Crippen molar-refractivity contribution >= 4 is 11.6 Å². The molecule has 0 aliphatic carbocycles. The topological polar surface area (TPSA) is 33.2 Å². The van der Waals surface area contributed by atoms with Crippen LogP contribution < -0.4 is 4.90 Å². The van der Waals surface area contributed by atoms with Crippen LogP contribution in [-0.4, -0.2) is 30.0 Å². The predicted molar refractivity (Wildman–Crippen MR) is 65.2 cm³/mol. The van der Waals surface area contributed by atoms with Crippen LogP contribution in [0.3, 0.4) is 0 Å². The van der Waals surface area contributed by atoms with Gasteiger partial charge in [0.05, 0.1) is 11.5 Å². The van der Waals surface area contributed by atoms with E-state index in [0.717, 1.165) is 0 Å². The minimum absolute atomic E-state index is 0.124. The SMILES string of the molecule is CC(=O)c1cccnc1N1CCCC(C(F)(F)F)C1. The van der Waals surface area contributed by atoms with Crippen LogP contribution >= 0.6 is 0 Å². The number of Topliss-reactive ketones (excluding diaryl/α,β-unsaturated/α-hetero) is 1. The maximum absolute atomic E-state index is 12.8. The van der Waals surface area contributed by atoms with Crippen LogP contribution in [0.1, 0.15) is 30.1 Å². The van der Waals surface area contributed by atoms with E-state index in [9.17, 15) is 18.0 Å². The van der Waals surface area contributed by atoms with Crippen LogP contribution in [0.25, 0.3) is 0 Å². The molecular weight excluding hydrogens is 257 g/mol. The Labute approximate surface area is 109 Å². The van der Waals surface area contributed by atoms with Gasteiger partial charge in [-0.2, -0.15) is 13.2 Å². The van der Waals surface area contributed by atoms with Gasteiger partial charge in [-0.1, -0.05) is 0 Å². The van der Waals surface area contributed by atoms with Crippen molar-refractivity contribution in [2.45, 2.75) is 25.9 Å². The average molecular weight is 272 g/mol. The summed E-state index contributed by atoms with van der Waals surface area (Å²) in [7, 11) is 0. The highest BCUT2D eigenvalue weighted by Gasteiger charge is 2.42. The minimum Gasteiger partial charge on any atom is -0.355 e. The Morgan fingerprint density at radius 3 is 2.84 bits per heavy atom. The second-order valence-corrected chi connectivity index (χ2v) is 4.76. The van der Waals surface area contributed by atoms with E-state index in [-0.39, 0.29) is 18.7 Å². The summed E-state index contributed by atoms with van der Waals surface area (Å²) in [6, 6.07) is 3.22. The van der Waals surface area contributed by atoms with E-state index in [1.807, 2.05) is 0 Å². The fourth-order valence-electron chi connectivity index (χ4n) is 2.36. The van der Waals surface area contributed by atoms with Gasteiger partial charge in [0.15, 0.2) is 5.78 Å². The number of pyridine rings is 1. The third kappa shape index (κ3) is 3.05. The Kier molecular flexibility index (Phi) is 3.78. The average Bonchev–Trinajstić information content (AvgIpc) is 2.38. The summed E-state index contributed by atoms with van der Waals surface area (Å²) in [4.78, 5) is 17.1. The van der Waals surface area contributed by atoms with E-state index in [1.165, 1.54) is 13.1 Å². The van der Waals surface area contributed by atoms with Gasteiger partial charge in [-0.25, -0.2) is 4.98 Å². The van der Waals surface area contributed by atoms with Gasteiger partial charge in [0.1, 0.15) is 5.82 Å². The fourth-order valence-corrected chi connectivity index (χ4v) is 2.36. The lowest BCUT2D eigenvalue weighted by Crippen LogP contribution is -2.42. The summed E-state index contributed by atoms with van der Waals surface area (Å²) in [6.45, 7) is 1.77. The van der Waals surface area contributed by atoms with E-state index >= 15 is 0 Å². The molecule has 104 valence electrons. The molecule has 1 aromatic heterocycles. The van der Waals surface area contributed by atoms with Crippen molar-refractivity contribution in [3.63, 3.8) is 0 Å². The van der Waals surface area contributed by atoms with Crippen molar-refractivity contribution in [2.75, 3.05) is 18.0 Å². The summed E-state index contributed by atoms with van der Waals surface area (Å²) in [6.07, 6.45) is -2.09. The van der Waals surface area contributed by atoms with E-state index in [2.05, 4.69) is 4.98 Å². The zero-order valence-electron chi connectivity index (χ0n) is 10.6. The molecule has 0 amide bonds. The highest BCUT2D eigenvalue weighted by Crippen LogP contribution is 2.35. The Bertz CT molecular complexity index is 473. The summed E-state index contributed by atoms with van der Waals surface area (Å²) in [5.74, 6) is -1.16. The lowest BCUT2D eigenvalue weighted by molar-refractivity contribution is -0.176. The number of aromatic nitrogens is 1. The number of hydrogen-bond donors (Lipinski definition) is 0. The monoisotopic (exact) mass is 272 g/mol. The largest absolute Gasteiger partial charge is 0.393 e. The first kappa shape index (κ1) is 13.8. The number of carbonyl (C=O) groups excluding carboxylic acids is 1. The van der Waals surface area contributed by atoms with Crippen molar-refractivity contribution in [1.82, 2.24) is 4.98 Å². The Morgan fingerprint density at radius 2 is 2.21 bits per heavy atom. The number of carbonyl (C=O) groups is 1. The number of alkyl halides is 3. The summed E-state index contributed by atoms with van der Waals surface area (Å²) < 4.78 is 38.3. The molecule has 19 heavy (non-hydrogen) atoms.